The van der Waals surface area contributed by atoms with Crippen LogP contribution in [0.1, 0.15) is 0 Å². The zero-order valence-electron chi connectivity index (χ0n) is 10.6. The fourth-order valence-electron chi connectivity index (χ4n) is 0.968. The maximum Gasteiger partial charge on any atom is 0.119 e. The van der Waals surface area contributed by atoms with Gasteiger partial charge >= 0.3 is 0 Å². The normalized spacial score (nSPS) is 12.3. The van der Waals surface area contributed by atoms with Gasteiger partial charge in [-0.25, -0.2) is 0 Å². The molecule has 0 aliphatic heterocycles. The molecular weight excluding hydrogens is 224 g/mol. The van der Waals surface area contributed by atoms with Crippen molar-refractivity contribution in [1.82, 2.24) is 5.32 Å². The van der Waals surface area contributed by atoms with Crippen LogP contribution in [0.2, 0.25) is 0 Å². The minimum Gasteiger partial charge on any atom is -0.382 e. The molecule has 0 fully saturated rings. The number of hydrogen-bond acceptors (Lipinski definition) is 6. The van der Waals surface area contributed by atoms with E-state index in [1.807, 2.05) is 0 Å². The highest BCUT2D eigenvalue weighted by molar-refractivity contribution is 4.88. The monoisotopic (exact) mass is 246 g/mol. The summed E-state index contributed by atoms with van der Waals surface area (Å²) in [6, 6.07) is 1.82. The first-order valence-corrected chi connectivity index (χ1v) is 5.64. The Morgan fingerprint density at radius 3 is 2.00 bits per heavy atom. The lowest BCUT2D eigenvalue weighted by atomic mass is 10.4. The number of methoxy groups -OCH3 is 1. The van der Waals surface area contributed by atoms with Gasteiger partial charge in [-0.15, -0.1) is 0 Å². The molecule has 100 valence electrons. The van der Waals surface area contributed by atoms with Crippen LogP contribution in [-0.2, 0) is 18.9 Å². The number of nitriles is 1. The summed E-state index contributed by atoms with van der Waals surface area (Å²) < 4.78 is 20.6. The Morgan fingerprint density at radius 1 is 1.00 bits per heavy atom. The second-order valence-corrected chi connectivity index (χ2v) is 3.26. The van der Waals surface area contributed by atoms with E-state index < -0.39 is 0 Å². The molecular formula is C11H22N2O4. The van der Waals surface area contributed by atoms with E-state index in [2.05, 4.69) is 11.4 Å². The first-order valence-electron chi connectivity index (χ1n) is 5.64. The Balaban J connectivity index is 3.06. The molecule has 1 atom stereocenters. The predicted molar refractivity (Wildman–Crippen MR) is 62.8 cm³/mol. The van der Waals surface area contributed by atoms with Gasteiger partial charge in [-0.2, -0.15) is 5.26 Å². The van der Waals surface area contributed by atoms with Gasteiger partial charge < -0.3 is 24.3 Å². The van der Waals surface area contributed by atoms with Crippen molar-refractivity contribution in [3.8, 4) is 6.07 Å². The number of likely N-dealkylation sites (N-methyl/N-ethyl adjacent to an activating group) is 1. The van der Waals surface area contributed by atoms with E-state index >= 15 is 0 Å². The predicted octanol–water partition coefficient (Wildman–Crippen LogP) is -0.206. The van der Waals surface area contributed by atoms with Crippen molar-refractivity contribution >= 4 is 0 Å². The summed E-state index contributed by atoms with van der Waals surface area (Å²) in [6.07, 6.45) is 0. The third-order valence-corrected chi connectivity index (χ3v) is 1.96. The molecule has 0 aliphatic carbocycles. The Morgan fingerprint density at radius 2 is 1.53 bits per heavy atom. The van der Waals surface area contributed by atoms with E-state index in [4.69, 9.17) is 24.2 Å². The van der Waals surface area contributed by atoms with Crippen LogP contribution in [-0.4, -0.2) is 66.4 Å². The second-order valence-electron chi connectivity index (χ2n) is 3.26. The number of nitrogens with one attached hydrogen (secondary N) is 1. The van der Waals surface area contributed by atoms with Gasteiger partial charge in [-0.3, -0.25) is 0 Å². The molecule has 0 saturated carbocycles. The van der Waals surface area contributed by atoms with Crippen molar-refractivity contribution in [2.45, 2.75) is 6.04 Å². The average Bonchev–Trinajstić information content (AvgIpc) is 2.36. The molecule has 0 radical (unpaired) electrons. The Bertz CT molecular complexity index is 196. The summed E-state index contributed by atoms with van der Waals surface area (Å²) in [5, 5.41) is 11.4. The summed E-state index contributed by atoms with van der Waals surface area (Å²) in [4.78, 5) is 0. The lowest BCUT2D eigenvalue weighted by molar-refractivity contribution is 0.00262. The molecule has 0 rings (SSSR count). The van der Waals surface area contributed by atoms with Crippen LogP contribution in [0.5, 0.6) is 0 Å². The number of hydrogen-bond donors (Lipinski definition) is 1. The highest BCUT2D eigenvalue weighted by atomic mass is 16.6. The smallest absolute Gasteiger partial charge is 0.119 e. The van der Waals surface area contributed by atoms with Crippen molar-refractivity contribution < 1.29 is 18.9 Å². The SMILES string of the molecule is CNC(C#N)COCCOCCOCCOC. The molecule has 6 heteroatoms. The van der Waals surface area contributed by atoms with Gasteiger partial charge in [0.1, 0.15) is 6.04 Å². The molecule has 0 amide bonds. The van der Waals surface area contributed by atoms with Crippen LogP contribution in [0, 0.1) is 11.3 Å². The molecule has 1 N–H and O–H groups in total. The van der Waals surface area contributed by atoms with Crippen LogP contribution >= 0.6 is 0 Å². The minimum absolute atomic E-state index is 0.257. The molecule has 0 aromatic heterocycles. The van der Waals surface area contributed by atoms with Crippen molar-refractivity contribution in [2.75, 3.05) is 60.4 Å². The second kappa shape index (κ2) is 13.4. The lowest BCUT2D eigenvalue weighted by Gasteiger charge is -2.09. The molecule has 0 aromatic carbocycles. The molecule has 6 nitrogen and oxygen atoms in total. The van der Waals surface area contributed by atoms with E-state index in [1.165, 1.54) is 0 Å². The summed E-state index contributed by atoms with van der Waals surface area (Å²) in [6.45, 7) is 3.65. The number of ether oxygens (including phenoxy) is 4. The molecule has 0 spiro atoms. The molecule has 0 bridgehead atoms. The quantitative estimate of drug-likeness (QED) is 0.481. The summed E-state index contributed by atoms with van der Waals surface area (Å²) >= 11 is 0. The van der Waals surface area contributed by atoms with Crippen LogP contribution in [0.4, 0.5) is 0 Å². The maximum atomic E-state index is 8.62. The topological polar surface area (TPSA) is 72.7 Å². The summed E-state index contributed by atoms with van der Waals surface area (Å²) in [5.41, 5.74) is 0. The van der Waals surface area contributed by atoms with E-state index in [9.17, 15) is 0 Å². The van der Waals surface area contributed by atoms with Crippen LogP contribution < -0.4 is 5.32 Å². The number of nitrogens with zero attached hydrogens (tertiary/aromatic N) is 1. The highest BCUT2D eigenvalue weighted by Gasteiger charge is 2.02. The fourth-order valence-corrected chi connectivity index (χ4v) is 0.968. The van der Waals surface area contributed by atoms with Crippen molar-refractivity contribution in [1.29, 1.82) is 5.26 Å². The third-order valence-electron chi connectivity index (χ3n) is 1.96. The van der Waals surface area contributed by atoms with Crippen molar-refractivity contribution in [3.05, 3.63) is 0 Å². The van der Waals surface area contributed by atoms with E-state index in [1.54, 1.807) is 14.2 Å². The Hall–Kier alpha value is -0.710. The first-order chi connectivity index (χ1) is 8.35. The molecule has 0 aliphatic rings. The van der Waals surface area contributed by atoms with Gasteiger partial charge in [0.2, 0.25) is 0 Å². The van der Waals surface area contributed by atoms with E-state index in [0.717, 1.165) is 0 Å². The van der Waals surface area contributed by atoms with E-state index in [0.29, 0.717) is 46.2 Å². The molecule has 0 heterocycles. The zero-order valence-corrected chi connectivity index (χ0v) is 10.6. The first kappa shape index (κ1) is 16.3. The van der Waals surface area contributed by atoms with Gasteiger partial charge in [0.15, 0.2) is 0 Å². The Kier molecular flexibility index (Phi) is 12.8. The van der Waals surface area contributed by atoms with Crippen LogP contribution in [0.15, 0.2) is 0 Å². The van der Waals surface area contributed by atoms with Gasteiger partial charge in [0.05, 0.1) is 52.3 Å². The van der Waals surface area contributed by atoms with Gasteiger partial charge in [-0.05, 0) is 7.05 Å². The molecule has 17 heavy (non-hydrogen) atoms. The fraction of sp³-hybridized carbons (Fsp3) is 0.909. The average molecular weight is 246 g/mol. The van der Waals surface area contributed by atoms with Gasteiger partial charge in [0, 0.05) is 7.11 Å². The molecule has 0 saturated heterocycles. The lowest BCUT2D eigenvalue weighted by Crippen LogP contribution is -2.29. The molecule has 0 aromatic rings. The summed E-state index contributed by atoms with van der Waals surface area (Å²) in [7, 11) is 3.36. The summed E-state index contributed by atoms with van der Waals surface area (Å²) in [5.74, 6) is 0. The van der Waals surface area contributed by atoms with Crippen LogP contribution in [0.25, 0.3) is 0 Å². The third kappa shape index (κ3) is 11.6. The van der Waals surface area contributed by atoms with Crippen LogP contribution in [0.3, 0.4) is 0 Å². The Labute approximate surface area is 103 Å². The minimum atomic E-state index is -0.257. The van der Waals surface area contributed by atoms with Gasteiger partial charge in [0.25, 0.3) is 0 Å². The van der Waals surface area contributed by atoms with Crippen molar-refractivity contribution in [3.63, 3.8) is 0 Å². The van der Waals surface area contributed by atoms with Crippen molar-refractivity contribution in [2.24, 2.45) is 0 Å². The number of rotatable bonds is 12. The maximum absolute atomic E-state index is 8.62. The standard InChI is InChI=1S/C11H22N2O4/c1-13-11(9-12)10-17-8-7-16-6-5-15-4-3-14-2/h11,13H,3-8,10H2,1-2H3. The largest absolute Gasteiger partial charge is 0.382 e. The highest BCUT2D eigenvalue weighted by Crippen LogP contribution is 1.85. The van der Waals surface area contributed by atoms with Gasteiger partial charge in [-0.1, -0.05) is 0 Å². The van der Waals surface area contributed by atoms with E-state index in [-0.39, 0.29) is 6.04 Å². The molecule has 1 unspecified atom stereocenters. The zero-order chi connectivity index (χ0) is 12.8.